The van der Waals surface area contributed by atoms with Gasteiger partial charge in [-0.25, -0.2) is 0 Å². The van der Waals surface area contributed by atoms with Crippen molar-refractivity contribution in [2.24, 2.45) is 0 Å². The highest BCUT2D eigenvalue weighted by Gasteiger charge is 2.44. The molecule has 1 amide bonds. The molecule has 406 valence electrons. The second-order valence-electron chi connectivity index (χ2n) is 20.1. The fourth-order valence-electron chi connectivity index (χ4n) is 8.95. The van der Waals surface area contributed by atoms with E-state index in [0.717, 1.165) is 70.6 Å². The molecule has 0 aromatic rings. The second kappa shape index (κ2) is 50.2. The Morgan fingerprint density at radius 1 is 0.500 bits per heavy atom. The van der Waals surface area contributed by atoms with Gasteiger partial charge >= 0.3 is 0 Å². The van der Waals surface area contributed by atoms with Crippen LogP contribution in [0.5, 0.6) is 0 Å². The number of carbonyl (C=O) groups excluding carboxylic acids is 1. The number of aliphatic hydroxyl groups excluding tert-OH is 5. The smallest absolute Gasteiger partial charge is 0.220 e. The Balaban J connectivity index is 2.23. The van der Waals surface area contributed by atoms with Crippen molar-refractivity contribution in [2.75, 3.05) is 13.2 Å². The molecule has 7 atom stereocenters. The first-order valence-corrected chi connectivity index (χ1v) is 29.2. The summed E-state index contributed by atoms with van der Waals surface area (Å²) >= 11 is 0. The number of nitrogens with one attached hydrogen (secondary N) is 1. The minimum absolute atomic E-state index is 0.205. The first-order chi connectivity index (χ1) is 34.3. The molecule has 0 aromatic heterocycles. The standard InChI is InChI=1S/C61H109NO8/c1-3-5-7-9-11-13-15-17-19-21-23-24-25-26-27-28-29-30-31-33-34-36-38-40-42-44-46-48-50-55(64)54(53-69-61-60(68)59(67)58(66)56(52-63)70-61)62-57(65)51-49-47-45-43-41-39-37-35-32-22-20-18-16-14-12-10-8-6-4-2/h6,8,12,14,18,20,32,35,39,41,48,50,54-56,58-61,63-64,66-68H,3-5,7,9-11,13,15-17,19,21-31,33-34,36-38,40,42-47,49,51-53H2,1-2H3,(H,62,65)/b8-6-,14-12-,20-18-,35-32-,41-39-,50-48+. The van der Waals surface area contributed by atoms with Crippen LogP contribution < -0.4 is 5.32 Å². The van der Waals surface area contributed by atoms with Crippen molar-refractivity contribution in [3.63, 3.8) is 0 Å². The van der Waals surface area contributed by atoms with Crippen LogP contribution in [-0.4, -0.2) is 87.5 Å². The van der Waals surface area contributed by atoms with Crippen molar-refractivity contribution in [1.29, 1.82) is 0 Å². The van der Waals surface area contributed by atoms with E-state index < -0.39 is 49.5 Å². The fourth-order valence-corrected chi connectivity index (χ4v) is 8.95. The zero-order valence-corrected chi connectivity index (χ0v) is 45.0. The topological polar surface area (TPSA) is 149 Å². The Kier molecular flexibility index (Phi) is 47.1. The number of hydrogen-bond acceptors (Lipinski definition) is 8. The van der Waals surface area contributed by atoms with Gasteiger partial charge in [0, 0.05) is 6.42 Å². The Morgan fingerprint density at radius 3 is 1.31 bits per heavy atom. The Hall–Kier alpha value is -2.37. The minimum atomic E-state index is -1.58. The van der Waals surface area contributed by atoms with Crippen molar-refractivity contribution in [1.82, 2.24) is 5.32 Å². The molecular formula is C61H109NO8. The van der Waals surface area contributed by atoms with Crippen LogP contribution >= 0.6 is 0 Å². The van der Waals surface area contributed by atoms with Gasteiger partial charge in [0.1, 0.15) is 24.4 Å². The van der Waals surface area contributed by atoms with Crippen molar-refractivity contribution < 1.29 is 39.8 Å². The lowest BCUT2D eigenvalue weighted by Gasteiger charge is -2.40. The molecule has 0 aromatic carbocycles. The predicted molar refractivity (Wildman–Crippen MR) is 295 cm³/mol. The molecule has 0 aliphatic carbocycles. The van der Waals surface area contributed by atoms with Crippen LogP contribution in [0, 0.1) is 0 Å². The van der Waals surface area contributed by atoms with Crippen LogP contribution in [0.25, 0.3) is 0 Å². The van der Waals surface area contributed by atoms with Crippen molar-refractivity contribution in [3.05, 3.63) is 72.9 Å². The molecule has 1 heterocycles. The largest absolute Gasteiger partial charge is 0.394 e. The molecule has 1 rings (SSSR count). The molecule has 1 fully saturated rings. The summed E-state index contributed by atoms with van der Waals surface area (Å²) < 4.78 is 11.3. The summed E-state index contributed by atoms with van der Waals surface area (Å²) in [7, 11) is 0. The monoisotopic (exact) mass is 984 g/mol. The van der Waals surface area contributed by atoms with Gasteiger partial charge in [-0.2, -0.15) is 0 Å². The SMILES string of the molecule is CC/C=C\C/C=C\C/C=C\C/C=C\C/C=C\CCCCCC(=O)NC(COC1OC(CO)C(O)C(O)C1O)C(O)/C=C/CCCCCCCCCCCCCCCCCCCCCCCCCCCC. The number of amides is 1. The number of hydrogen-bond donors (Lipinski definition) is 6. The minimum Gasteiger partial charge on any atom is -0.394 e. The summed E-state index contributed by atoms with van der Waals surface area (Å²) in [6.07, 6.45) is 62.6. The summed E-state index contributed by atoms with van der Waals surface area (Å²) in [5, 5.41) is 54.5. The molecule has 0 saturated carbocycles. The van der Waals surface area contributed by atoms with E-state index in [2.05, 4.69) is 79.9 Å². The Bertz CT molecular complexity index is 1330. The maximum atomic E-state index is 13.0. The zero-order valence-electron chi connectivity index (χ0n) is 45.0. The third-order valence-corrected chi connectivity index (χ3v) is 13.5. The van der Waals surface area contributed by atoms with E-state index in [-0.39, 0.29) is 12.5 Å². The van der Waals surface area contributed by atoms with E-state index in [1.165, 1.54) is 154 Å². The third kappa shape index (κ3) is 39.2. The molecular weight excluding hydrogens is 875 g/mol. The molecule has 0 radical (unpaired) electrons. The molecule has 0 spiro atoms. The first-order valence-electron chi connectivity index (χ1n) is 29.2. The second-order valence-corrected chi connectivity index (χ2v) is 20.1. The fraction of sp³-hybridized carbons (Fsp3) is 0.787. The summed E-state index contributed by atoms with van der Waals surface area (Å²) in [6, 6.07) is -0.827. The van der Waals surface area contributed by atoms with E-state index in [0.29, 0.717) is 12.8 Å². The van der Waals surface area contributed by atoms with Crippen LogP contribution in [-0.2, 0) is 14.3 Å². The van der Waals surface area contributed by atoms with Gasteiger partial charge in [0.25, 0.3) is 0 Å². The van der Waals surface area contributed by atoms with E-state index in [9.17, 15) is 30.3 Å². The van der Waals surface area contributed by atoms with Crippen molar-refractivity contribution in [2.45, 2.75) is 294 Å². The zero-order chi connectivity index (χ0) is 50.8. The predicted octanol–water partition coefficient (Wildman–Crippen LogP) is 14.5. The maximum Gasteiger partial charge on any atom is 0.220 e. The van der Waals surface area contributed by atoms with Gasteiger partial charge in [0.2, 0.25) is 5.91 Å². The Labute approximate surface area is 429 Å². The number of unbranched alkanes of at least 4 members (excludes halogenated alkanes) is 29. The molecule has 6 N–H and O–H groups in total. The van der Waals surface area contributed by atoms with Crippen LogP contribution in [0.3, 0.4) is 0 Å². The highest BCUT2D eigenvalue weighted by molar-refractivity contribution is 5.76. The first kappa shape index (κ1) is 65.6. The summed E-state index contributed by atoms with van der Waals surface area (Å²) in [6.45, 7) is 3.66. The van der Waals surface area contributed by atoms with Gasteiger partial charge < -0.3 is 40.3 Å². The van der Waals surface area contributed by atoms with E-state index in [1.807, 2.05) is 6.08 Å². The number of carbonyl (C=O) groups is 1. The Morgan fingerprint density at radius 2 is 0.886 bits per heavy atom. The normalized spacial score (nSPS) is 19.9. The number of ether oxygens (including phenoxy) is 2. The van der Waals surface area contributed by atoms with Gasteiger partial charge in [-0.3, -0.25) is 4.79 Å². The number of allylic oxidation sites excluding steroid dienone is 11. The molecule has 9 nitrogen and oxygen atoms in total. The lowest BCUT2D eigenvalue weighted by molar-refractivity contribution is -0.302. The average molecular weight is 985 g/mol. The maximum absolute atomic E-state index is 13.0. The van der Waals surface area contributed by atoms with Crippen LogP contribution in [0.15, 0.2) is 72.9 Å². The summed E-state index contributed by atoms with van der Waals surface area (Å²) in [5.41, 5.74) is 0. The highest BCUT2D eigenvalue weighted by atomic mass is 16.7. The molecule has 1 aliphatic rings. The molecule has 7 unspecified atom stereocenters. The number of aliphatic hydroxyl groups is 5. The van der Waals surface area contributed by atoms with Gasteiger partial charge in [-0.05, 0) is 64.2 Å². The molecule has 70 heavy (non-hydrogen) atoms. The third-order valence-electron chi connectivity index (χ3n) is 13.5. The van der Waals surface area contributed by atoms with E-state index >= 15 is 0 Å². The van der Waals surface area contributed by atoms with Crippen molar-refractivity contribution >= 4 is 5.91 Å². The summed E-state index contributed by atoms with van der Waals surface area (Å²) in [4.78, 5) is 13.0. The molecule has 0 bridgehead atoms. The quantitative estimate of drug-likeness (QED) is 0.0261. The van der Waals surface area contributed by atoms with Gasteiger partial charge in [0.05, 0.1) is 25.4 Å². The van der Waals surface area contributed by atoms with Gasteiger partial charge in [0.15, 0.2) is 6.29 Å². The summed E-state index contributed by atoms with van der Waals surface area (Å²) in [5.74, 6) is -0.208. The molecule has 1 aliphatic heterocycles. The van der Waals surface area contributed by atoms with Crippen LogP contribution in [0.1, 0.15) is 251 Å². The lowest BCUT2D eigenvalue weighted by atomic mass is 9.99. The van der Waals surface area contributed by atoms with Gasteiger partial charge in [-0.1, -0.05) is 254 Å². The average Bonchev–Trinajstić information content (AvgIpc) is 3.36. The van der Waals surface area contributed by atoms with Gasteiger partial charge in [-0.15, -0.1) is 0 Å². The highest BCUT2D eigenvalue weighted by Crippen LogP contribution is 2.23. The molecule has 1 saturated heterocycles. The lowest BCUT2D eigenvalue weighted by Crippen LogP contribution is -2.60. The van der Waals surface area contributed by atoms with Crippen LogP contribution in [0.4, 0.5) is 0 Å². The molecule has 9 heteroatoms. The van der Waals surface area contributed by atoms with E-state index in [4.69, 9.17) is 9.47 Å². The number of rotatable bonds is 49. The van der Waals surface area contributed by atoms with Crippen LogP contribution in [0.2, 0.25) is 0 Å². The van der Waals surface area contributed by atoms with Crippen molar-refractivity contribution in [3.8, 4) is 0 Å². The van der Waals surface area contributed by atoms with E-state index in [1.54, 1.807) is 6.08 Å².